The fourth-order valence-corrected chi connectivity index (χ4v) is 1.13. The van der Waals surface area contributed by atoms with Gasteiger partial charge in [-0.05, 0) is 26.9 Å². The molecule has 0 aliphatic rings. The van der Waals surface area contributed by atoms with Crippen LogP contribution in [0.4, 0.5) is 0 Å². The second-order valence-corrected chi connectivity index (χ2v) is 4.38. The Labute approximate surface area is 111 Å². The molecular formula is C13H29N3O2. The minimum atomic E-state index is -0.367. The third-order valence-electron chi connectivity index (χ3n) is 2.36. The van der Waals surface area contributed by atoms with Gasteiger partial charge in [0.15, 0.2) is 0 Å². The minimum absolute atomic E-state index is 0.285. The number of amides is 1. The first kappa shape index (κ1) is 19.2. The van der Waals surface area contributed by atoms with Gasteiger partial charge in [-0.3, -0.25) is 4.79 Å². The molecule has 0 aliphatic carbocycles. The number of carbonyl (C=O) groups excluding carboxylic acids is 1. The van der Waals surface area contributed by atoms with Gasteiger partial charge in [0.25, 0.3) is 5.91 Å². The summed E-state index contributed by atoms with van der Waals surface area (Å²) in [6, 6.07) is 0.285. The predicted molar refractivity (Wildman–Crippen MR) is 76.3 cm³/mol. The fraction of sp³-hybridized carbons (Fsp3) is 0.846. The number of oxime groups is 1. The molecule has 0 rings (SSSR count). The molecule has 0 heterocycles. The lowest BCUT2D eigenvalue weighted by Crippen LogP contribution is -2.40. The van der Waals surface area contributed by atoms with Gasteiger partial charge in [0.1, 0.15) is 6.21 Å². The summed E-state index contributed by atoms with van der Waals surface area (Å²) in [7, 11) is 2.03. The molecule has 0 aromatic carbocycles. The van der Waals surface area contributed by atoms with Crippen molar-refractivity contribution < 1.29 is 10.0 Å². The number of nitrogens with one attached hydrogen (secondary N) is 1. The maximum atomic E-state index is 10.9. The summed E-state index contributed by atoms with van der Waals surface area (Å²) in [5.74, 6) is -0.367. The summed E-state index contributed by atoms with van der Waals surface area (Å²) in [5, 5.41) is 13.4. The first-order valence-electron chi connectivity index (χ1n) is 6.68. The van der Waals surface area contributed by atoms with Gasteiger partial charge in [-0.1, -0.05) is 38.8 Å². The molecule has 18 heavy (non-hydrogen) atoms. The van der Waals surface area contributed by atoms with Gasteiger partial charge in [0.2, 0.25) is 0 Å². The van der Waals surface area contributed by atoms with E-state index in [4.69, 9.17) is 5.21 Å². The predicted octanol–water partition coefficient (Wildman–Crippen LogP) is 2.10. The molecule has 0 saturated carbocycles. The summed E-state index contributed by atoms with van der Waals surface area (Å²) in [5.41, 5.74) is 0. The zero-order chi connectivity index (χ0) is 14.4. The van der Waals surface area contributed by atoms with Crippen LogP contribution in [0.2, 0.25) is 0 Å². The molecule has 0 fully saturated rings. The average Bonchev–Trinajstić information content (AvgIpc) is 2.34. The van der Waals surface area contributed by atoms with Gasteiger partial charge >= 0.3 is 0 Å². The highest BCUT2D eigenvalue weighted by Crippen LogP contribution is 1.97. The molecule has 0 aromatic rings. The van der Waals surface area contributed by atoms with Crippen molar-refractivity contribution in [1.82, 2.24) is 10.2 Å². The lowest BCUT2D eigenvalue weighted by atomic mass is 10.2. The van der Waals surface area contributed by atoms with Gasteiger partial charge in [-0.2, -0.15) is 0 Å². The molecule has 1 amide bonds. The zero-order valence-corrected chi connectivity index (χ0v) is 12.4. The topological polar surface area (TPSA) is 64.9 Å². The highest BCUT2D eigenvalue weighted by Gasteiger charge is 2.08. The minimum Gasteiger partial charge on any atom is -0.411 e. The lowest BCUT2D eigenvalue weighted by molar-refractivity contribution is -0.114. The second kappa shape index (κ2) is 14.0. The van der Waals surface area contributed by atoms with Crippen molar-refractivity contribution in [2.75, 3.05) is 20.1 Å². The average molecular weight is 259 g/mol. The monoisotopic (exact) mass is 259 g/mol. The molecular weight excluding hydrogens is 230 g/mol. The fourth-order valence-electron chi connectivity index (χ4n) is 1.13. The van der Waals surface area contributed by atoms with Crippen LogP contribution in [-0.4, -0.2) is 48.4 Å². The number of rotatable bonds is 7. The third kappa shape index (κ3) is 13.0. The van der Waals surface area contributed by atoms with Gasteiger partial charge in [0.05, 0.1) is 0 Å². The van der Waals surface area contributed by atoms with E-state index >= 15 is 0 Å². The first-order chi connectivity index (χ1) is 8.53. The Morgan fingerprint density at radius 1 is 1.44 bits per heavy atom. The van der Waals surface area contributed by atoms with Crippen molar-refractivity contribution in [3.8, 4) is 0 Å². The normalized spacial score (nSPS) is 12.1. The molecule has 0 radical (unpaired) electrons. The van der Waals surface area contributed by atoms with Crippen LogP contribution >= 0.6 is 0 Å². The Morgan fingerprint density at radius 2 is 2.00 bits per heavy atom. The maximum absolute atomic E-state index is 10.9. The molecule has 108 valence electrons. The van der Waals surface area contributed by atoms with Crippen LogP contribution < -0.4 is 5.32 Å². The smallest absolute Gasteiger partial charge is 0.265 e. The van der Waals surface area contributed by atoms with Crippen molar-refractivity contribution in [2.24, 2.45) is 5.16 Å². The number of hydrogen-bond donors (Lipinski definition) is 2. The molecule has 0 saturated heterocycles. The van der Waals surface area contributed by atoms with E-state index in [0.717, 1.165) is 19.2 Å². The highest BCUT2D eigenvalue weighted by molar-refractivity contribution is 6.25. The molecule has 0 bridgehead atoms. The van der Waals surface area contributed by atoms with E-state index in [0.29, 0.717) is 6.54 Å². The number of hydrogen-bond acceptors (Lipinski definition) is 4. The van der Waals surface area contributed by atoms with E-state index in [2.05, 4.69) is 36.1 Å². The van der Waals surface area contributed by atoms with Crippen LogP contribution in [0.15, 0.2) is 5.16 Å². The van der Waals surface area contributed by atoms with Crippen molar-refractivity contribution in [2.45, 2.75) is 53.0 Å². The van der Waals surface area contributed by atoms with Crippen LogP contribution in [0.5, 0.6) is 0 Å². The van der Waals surface area contributed by atoms with Crippen LogP contribution in [0.25, 0.3) is 0 Å². The SMILES string of the molecule is CCC.CCCCN(C)C(C)CNC(=O)/C=N/O. The van der Waals surface area contributed by atoms with Gasteiger partial charge < -0.3 is 15.4 Å². The van der Waals surface area contributed by atoms with Crippen molar-refractivity contribution in [3.63, 3.8) is 0 Å². The van der Waals surface area contributed by atoms with E-state index in [1.54, 1.807) is 0 Å². The van der Waals surface area contributed by atoms with Crippen LogP contribution in [-0.2, 0) is 4.79 Å². The maximum Gasteiger partial charge on any atom is 0.265 e. The Kier molecular flexibility index (Phi) is 14.9. The summed E-state index contributed by atoms with van der Waals surface area (Å²) in [6.45, 7) is 10.0. The third-order valence-corrected chi connectivity index (χ3v) is 2.36. The Morgan fingerprint density at radius 3 is 2.44 bits per heavy atom. The van der Waals surface area contributed by atoms with Crippen LogP contribution in [0, 0.1) is 0 Å². The van der Waals surface area contributed by atoms with E-state index in [-0.39, 0.29) is 11.9 Å². The molecule has 0 spiro atoms. The van der Waals surface area contributed by atoms with E-state index in [1.165, 1.54) is 12.8 Å². The molecule has 2 N–H and O–H groups in total. The summed E-state index contributed by atoms with van der Waals surface area (Å²) >= 11 is 0. The van der Waals surface area contributed by atoms with Crippen LogP contribution in [0.3, 0.4) is 0 Å². The van der Waals surface area contributed by atoms with Crippen LogP contribution in [0.1, 0.15) is 47.0 Å². The van der Waals surface area contributed by atoms with Crippen molar-refractivity contribution in [1.29, 1.82) is 0 Å². The summed E-state index contributed by atoms with van der Waals surface area (Å²) < 4.78 is 0. The molecule has 1 unspecified atom stereocenters. The number of carbonyl (C=O) groups is 1. The van der Waals surface area contributed by atoms with Crippen molar-refractivity contribution in [3.05, 3.63) is 0 Å². The first-order valence-corrected chi connectivity index (χ1v) is 6.68. The number of nitrogens with zero attached hydrogens (tertiary/aromatic N) is 2. The Hall–Kier alpha value is -1.10. The van der Waals surface area contributed by atoms with E-state index in [9.17, 15) is 4.79 Å². The molecule has 0 aromatic heterocycles. The molecule has 1 atom stereocenters. The molecule has 5 nitrogen and oxygen atoms in total. The standard InChI is InChI=1S/C10H21N3O2.C3H8/c1-4-5-6-13(3)9(2)7-11-10(14)8-12-15;1-3-2/h8-9,15H,4-7H2,1-3H3,(H,11,14);3H2,1-2H3/b12-8+;. The lowest BCUT2D eigenvalue weighted by Gasteiger charge is -2.24. The molecule has 0 aliphatic heterocycles. The van der Waals surface area contributed by atoms with Gasteiger partial charge in [-0.15, -0.1) is 0 Å². The summed E-state index contributed by atoms with van der Waals surface area (Å²) in [4.78, 5) is 13.1. The second-order valence-electron chi connectivity index (χ2n) is 4.38. The number of unbranched alkanes of at least 4 members (excludes halogenated alkanes) is 1. The molecule has 5 heteroatoms. The van der Waals surface area contributed by atoms with E-state index < -0.39 is 0 Å². The highest BCUT2D eigenvalue weighted by atomic mass is 16.4. The Bertz CT molecular complexity index is 220. The largest absolute Gasteiger partial charge is 0.411 e. The van der Waals surface area contributed by atoms with Crippen molar-refractivity contribution >= 4 is 12.1 Å². The zero-order valence-electron chi connectivity index (χ0n) is 12.4. The number of likely N-dealkylation sites (N-methyl/N-ethyl adjacent to an activating group) is 1. The van der Waals surface area contributed by atoms with Gasteiger partial charge in [-0.25, -0.2) is 0 Å². The Balaban J connectivity index is 0. The van der Waals surface area contributed by atoms with Gasteiger partial charge in [0, 0.05) is 12.6 Å². The quantitative estimate of drug-likeness (QED) is 0.418. The summed E-state index contributed by atoms with van der Waals surface area (Å²) in [6.07, 6.45) is 4.44. The van der Waals surface area contributed by atoms with E-state index in [1.807, 2.05) is 14.0 Å².